The van der Waals surface area contributed by atoms with Crippen molar-refractivity contribution >= 4 is 11.8 Å². The summed E-state index contributed by atoms with van der Waals surface area (Å²) in [6.07, 6.45) is 4.29. The number of benzene rings is 1. The highest BCUT2D eigenvalue weighted by molar-refractivity contribution is 5.95. The van der Waals surface area contributed by atoms with Crippen LogP contribution in [0.4, 0.5) is 0 Å². The first-order valence-corrected chi connectivity index (χ1v) is 9.33. The van der Waals surface area contributed by atoms with E-state index in [1.807, 2.05) is 0 Å². The molecular weight excluding hydrogens is 346 g/mol. The fourth-order valence-electron chi connectivity index (χ4n) is 2.99. The van der Waals surface area contributed by atoms with Crippen LogP contribution < -0.4 is 10.1 Å². The van der Waals surface area contributed by atoms with Crippen molar-refractivity contribution in [2.75, 3.05) is 13.7 Å². The van der Waals surface area contributed by atoms with E-state index < -0.39 is 0 Å². The SMILES string of the molecule is COc1cccc(C(=O)N(Cc2cc(C(=O)NCC3CC3)no2)C2CC2)c1. The Morgan fingerprint density at radius 1 is 1.26 bits per heavy atom. The van der Waals surface area contributed by atoms with Gasteiger partial charge in [0.1, 0.15) is 5.75 Å². The Labute approximate surface area is 157 Å². The lowest BCUT2D eigenvalue weighted by Crippen LogP contribution is -2.32. The summed E-state index contributed by atoms with van der Waals surface area (Å²) in [6, 6.07) is 8.93. The predicted octanol–water partition coefficient (Wildman–Crippen LogP) is 2.63. The Kier molecular flexibility index (Phi) is 4.83. The Morgan fingerprint density at radius 2 is 2.07 bits per heavy atom. The Morgan fingerprint density at radius 3 is 2.78 bits per heavy atom. The zero-order valence-electron chi connectivity index (χ0n) is 15.3. The van der Waals surface area contributed by atoms with E-state index in [0.29, 0.717) is 36.1 Å². The lowest BCUT2D eigenvalue weighted by molar-refractivity contribution is 0.0712. The van der Waals surface area contributed by atoms with Gasteiger partial charge in [-0.2, -0.15) is 0 Å². The fraction of sp³-hybridized carbons (Fsp3) is 0.450. The molecule has 1 heterocycles. The van der Waals surface area contributed by atoms with E-state index in [-0.39, 0.29) is 23.6 Å². The molecule has 0 unspecified atom stereocenters. The highest BCUT2D eigenvalue weighted by Gasteiger charge is 2.34. The van der Waals surface area contributed by atoms with Gasteiger partial charge >= 0.3 is 0 Å². The average molecular weight is 369 g/mol. The van der Waals surface area contributed by atoms with Crippen LogP contribution in [-0.4, -0.2) is 41.6 Å². The van der Waals surface area contributed by atoms with Crippen LogP contribution in [-0.2, 0) is 6.54 Å². The van der Waals surface area contributed by atoms with Gasteiger partial charge in [0.25, 0.3) is 11.8 Å². The zero-order valence-corrected chi connectivity index (χ0v) is 15.3. The minimum atomic E-state index is -0.228. The molecule has 0 radical (unpaired) electrons. The summed E-state index contributed by atoms with van der Waals surface area (Å²) in [6.45, 7) is 0.979. The van der Waals surface area contributed by atoms with Crippen LogP contribution in [0.5, 0.6) is 5.75 Å². The van der Waals surface area contributed by atoms with Gasteiger partial charge in [0, 0.05) is 24.2 Å². The first-order chi connectivity index (χ1) is 13.1. The van der Waals surface area contributed by atoms with Crippen LogP contribution >= 0.6 is 0 Å². The third-order valence-electron chi connectivity index (χ3n) is 4.93. The highest BCUT2D eigenvalue weighted by Crippen LogP contribution is 2.30. The molecule has 2 aliphatic carbocycles. The van der Waals surface area contributed by atoms with Gasteiger partial charge in [-0.05, 0) is 49.8 Å². The van der Waals surface area contributed by atoms with Crippen molar-refractivity contribution in [2.24, 2.45) is 5.92 Å². The number of nitrogens with zero attached hydrogens (tertiary/aromatic N) is 2. The Bertz CT molecular complexity index is 839. The quantitative estimate of drug-likeness (QED) is 0.773. The molecule has 0 saturated heterocycles. The van der Waals surface area contributed by atoms with Crippen molar-refractivity contribution in [3.63, 3.8) is 0 Å². The minimum Gasteiger partial charge on any atom is -0.497 e. The summed E-state index contributed by atoms with van der Waals surface area (Å²) in [5.74, 6) is 1.45. The number of aromatic nitrogens is 1. The maximum absolute atomic E-state index is 13.0. The molecule has 0 aliphatic heterocycles. The fourth-order valence-corrected chi connectivity index (χ4v) is 2.99. The van der Waals surface area contributed by atoms with Crippen LogP contribution in [0.25, 0.3) is 0 Å². The normalized spacial score (nSPS) is 16.0. The number of hydrogen-bond acceptors (Lipinski definition) is 5. The number of methoxy groups -OCH3 is 1. The highest BCUT2D eigenvalue weighted by atomic mass is 16.5. The largest absolute Gasteiger partial charge is 0.497 e. The van der Waals surface area contributed by atoms with Gasteiger partial charge in [0.15, 0.2) is 11.5 Å². The molecule has 1 N–H and O–H groups in total. The van der Waals surface area contributed by atoms with Crippen molar-refractivity contribution in [3.05, 3.63) is 47.3 Å². The first kappa shape index (κ1) is 17.6. The van der Waals surface area contributed by atoms with Gasteiger partial charge in [0.2, 0.25) is 0 Å². The summed E-state index contributed by atoms with van der Waals surface area (Å²) >= 11 is 0. The number of hydrogen-bond donors (Lipinski definition) is 1. The molecule has 1 aromatic carbocycles. The molecule has 142 valence electrons. The second kappa shape index (κ2) is 7.42. The minimum absolute atomic E-state index is 0.0764. The number of amides is 2. The predicted molar refractivity (Wildman–Crippen MR) is 97.4 cm³/mol. The second-order valence-corrected chi connectivity index (χ2v) is 7.23. The summed E-state index contributed by atoms with van der Waals surface area (Å²) in [4.78, 5) is 26.9. The molecule has 2 aliphatic rings. The van der Waals surface area contributed by atoms with Crippen LogP contribution in [0.2, 0.25) is 0 Å². The van der Waals surface area contributed by atoms with Crippen LogP contribution in [0, 0.1) is 5.92 Å². The van der Waals surface area contributed by atoms with E-state index in [0.717, 1.165) is 12.8 Å². The van der Waals surface area contributed by atoms with Crippen molar-refractivity contribution in [1.82, 2.24) is 15.4 Å². The first-order valence-electron chi connectivity index (χ1n) is 9.33. The third kappa shape index (κ3) is 4.30. The van der Waals surface area contributed by atoms with Crippen LogP contribution in [0.3, 0.4) is 0 Å². The smallest absolute Gasteiger partial charge is 0.273 e. The molecule has 2 amide bonds. The zero-order chi connectivity index (χ0) is 18.8. The van der Waals surface area contributed by atoms with Gasteiger partial charge in [-0.15, -0.1) is 0 Å². The third-order valence-corrected chi connectivity index (χ3v) is 4.93. The Hall–Kier alpha value is -2.83. The maximum Gasteiger partial charge on any atom is 0.273 e. The molecule has 2 fully saturated rings. The molecular formula is C20H23N3O4. The number of carbonyl (C=O) groups is 2. The molecule has 0 bridgehead atoms. The lowest BCUT2D eigenvalue weighted by atomic mass is 10.1. The average Bonchev–Trinajstić information content (AvgIpc) is 3.63. The van der Waals surface area contributed by atoms with E-state index >= 15 is 0 Å². The van der Waals surface area contributed by atoms with E-state index in [1.165, 1.54) is 12.8 Å². The molecule has 2 aromatic rings. The molecule has 7 nitrogen and oxygen atoms in total. The molecule has 4 rings (SSSR count). The maximum atomic E-state index is 13.0. The number of rotatable bonds is 8. The molecule has 7 heteroatoms. The van der Waals surface area contributed by atoms with Crippen LogP contribution in [0.1, 0.15) is 52.3 Å². The topological polar surface area (TPSA) is 84.7 Å². The lowest BCUT2D eigenvalue weighted by Gasteiger charge is -2.21. The Balaban J connectivity index is 1.44. The standard InChI is InChI=1S/C20H23N3O4/c1-26-16-4-2-3-14(9-16)20(25)23(15-7-8-15)12-17-10-18(22-27-17)19(24)21-11-13-5-6-13/h2-4,9-10,13,15H,5-8,11-12H2,1H3,(H,21,24). The second-order valence-electron chi connectivity index (χ2n) is 7.23. The van der Waals surface area contributed by atoms with Crippen molar-refractivity contribution < 1.29 is 18.8 Å². The molecule has 27 heavy (non-hydrogen) atoms. The van der Waals surface area contributed by atoms with E-state index in [4.69, 9.17) is 9.26 Å². The van der Waals surface area contributed by atoms with Gasteiger partial charge in [-0.1, -0.05) is 11.2 Å². The van der Waals surface area contributed by atoms with Gasteiger partial charge < -0.3 is 19.5 Å². The number of nitrogens with one attached hydrogen (secondary N) is 1. The van der Waals surface area contributed by atoms with E-state index in [2.05, 4.69) is 10.5 Å². The monoisotopic (exact) mass is 369 g/mol. The van der Waals surface area contributed by atoms with Crippen molar-refractivity contribution in [2.45, 2.75) is 38.3 Å². The van der Waals surface area contributed by atoms with Crippen LogP contribution in [0.15, 0.2) is 34.9 Å². The van der Waals surface area contributed by atoms with Gasteiger partial charge in [0.05, 0.1) is 13.7 Å². The van der Waals surface area contributed by atoms with E-state index in [9.17, 15) is 9.59 Å². The molecule has 2 saturated carbocycles. The number of ether oxygens (including phenoxy) is 1. The summed E-state index contributed by atoms with van der Waals surface area (Å²) in [5.41, 5.74) is 0.832. The molecule has 0 atom stereocenters. The van der Waals surface area contributed by atoms with Gasteiger partial charge in [-0.25, -0.2) is 0 Å². The summed E-state index contributed by atoms with van der Waals surface area (Å²) in [5, 5.41) is 6.73. The molecule has 0 spiro atoms. The molecule has 1 aromatic heterocycles. The van der Waals surface area contributed by atoms with Crippen molar-refractivity contribution in [3.8, 4) is 5.75 Å². The number of carbonyl (C=O) groups excluding carboxylic acids is 2. The summed E-state index contributed by atoms with van der Waals surface area (Å²) < 4.78 is 10.5. The van der Waals surface area contributed by atoms with Crippen molar-refractivity contribution in [1.29, 1.82) is 0 Å². The van der Waals surface area contributed by atoms with E-state index in [1.54, 1.807) is 42.3 Å². The summed E-state index contributed by atoms with van der Waals surface area (Å²) in [7, 11) is 1.58. The van der Waals surface area contributed by atoms with Gasteiger partial charge in [-0.3, -0.25) is 9.59 Å².